The van der Waals surface area contributed by atoms with Gasteiger partial charge in [0.25, 0.3) is 0 Å². The molecular formula is C17H28N2O5. The first-order valence-electron chi connectivity index (χ1n) is 8.65. The monoisotopic (exact) mass is 340 g/mol. The Morgan fingerprint density at radius 1 is 1.00 bits per heavy atom. The lowest BCUT2D eigenvalue weighted by atomic mass is 9.89. The molecule has 2 amide bonds. The minimum Gasteiger partial charge on any atom is -0.463 e. The molecule has 1 aliphatic rings. The topological polar surface area (TPSA) is 93.7 Å². The Labute approximate surface area is 143 Å². The Morgan fingerprint density at radius 2 is 1.67 bits per heavy atom. The predicted octanol–water partition coefficient (Wildman–Crippen LogP) is 1.92. The lowest BCUT2D eigenvalue weighted by molar-refractivity contribution is -0.140. The van der Waals surface area contributed by atoms with Gasteiger partial charge in [0.1, 0.15) is 0 Å². The Hall–Kier alpha value is -2.05. The van der Waals surface area contributed by atoms with Gasteiger partial charge in [-0.2, -0.15) is 0 Å². The van der Waals surface area contributed by atoms with Gasteiger partial charge in [0, 0.05) is 25.2 Å². The second-order valence-corrected chi connectivity index (χ2v) is 5.75. The summed E-state index contributed by atoms with van der Waals surface area (Å²) in [6.07, 6.45) is 8.76. The molecule has 0 bridgehead atoms. The zero-order valence-electron chi connectivity index (χ0n) is 14.3. The Kier molecular flexibility index (Phi) is 10.3. The average molecular weight is 340 g/mol. The highest BCUT2D eigenvalue weighted by atomic mass is 16.5. The molecule has 1 rings (SSSR count). The minimum absolute atomic E-state index is 0.175. The van der Waals surface area contributed by atoms with Crippen LogP contribution in [0.5, 0.6) is 0 Å². The molecule has 0 aromatic carbocycles. The van der Waals surface area contributed by atoms with Gasteiger partial charge in [0.05, 0.1) is 13.2 Å². The number of carbonyl (C=O) groups is 3. The largest absolute Gasteiger partial charge is 0.463 e. The second kappa shape index (κ2) is 12.4. The number of esters is 2. The van der Waals surface area contributed by atoms with E-state index in [2.05, 4.69) is 15.4 Å². The van der Waals surface area contributed by atoms with Gasteiger partial charge in [-0.05, 0) is 32.1 Å². The molecule has 1 saturated carbocycles. The average Bonchev–Trinajstić information content (AvgIpc) is 2.59. The van der Waals surface area contributed by atoms with Gasteiger partial charge >= 0.3 is 18.0 Å². The number of carbonyl (C=O) groups excluding carboxylic acids is 3. The van der Waals surface area contributed by atoms with Crippen molar-refractivity contribution in [3.8, 4) is 0 Å². The van der Waals surface area contributed by atoms with Crippen molar-refractivity contribution in [2.45, 2.75) is 45.4 Å². The highest BCUT2D eigenvalue weighted by molar-refractivity contribution is 5.91. The maximum Gasteiger partial charge on any atom is 0.331 e. The first-order valence-corrected chi connectivity index (χ1v) is 8.65. The highest BCUT2D eigenvalue weighted by Crippen LogP contribution is 2.22. The van der Waals surface area contributed by atoms with E-state index in [1.807, 2.05) is 0 Å². The molecule has 0 aromatic heterocycles. The van der Waals surface area contributed by atoms with Crippen molar-refractivity contribution in [1.82, 2.24) is 10.6 Å². The molecule has 0 atom stereocenters. The van der Waals surface area contributed by atoms with E-state index in [4.69, 9.17) is 4.74 Å². The van der Waals surface area contributed by atoms with Crippen LogP contribution in [-0.2, 0) is 19.1 Å². The standard InChI is InChI=1S/C17H28N2O5/c1-2-23-15(20)9-10-16(21)24-12-6-11-18-17(22)19-13-14-7-4-3-5-8-14/h9-10,14H,2-8,11-13H2,1H3,(H2,18,19,22)/b10-9+. The predicted molar refractivity (Wildman–Crippen MR) is 89.3 cm³/mol. The van der Waals surface area contributed by atoms with Crippen molar-refractivity contribution in [3.63, 3.8) is 0 Å². The summed E-state index contributed by atoms with van der Waals surface area (Å²) in [5.41, 5.74) is 0. The summed E-state index contributed by atoms with van der Waals surface area (Å²) >= 11 is 0. The molecule has 24 heavy (non-hydrogen) atoms. The van der Waals surface area contributed by atoms with E-state index in [-0.39, 0.29) is 19.2 Å². The Balaban J connectivity index is 1.99. The molecule has 0 unspecified atom stereocenters. The van der Waals surface area contributed by atoms with Crippen LogP contribution in [-0.4, -0.2) is 44.3 Å². The number of hydrogen-bond donors (Lipinski definition) is 2. The molecule has 7 heteroatoms. The second-order valence-electron chi connectivity index (χ2n) is 5.75. The maximum atomic E-state index is 11.6. The maximum absolute atomic E-state index is 11.6. The van der Waals surface area contributed by atoms with Gasteiger partial charge in [-0.15, -0.1) is 0 Å². The van der Waals surface area contributed by atoms with Crippen molar-refractivity contribution < 1.29 is 23.9 Å². The molecule has 2 N–H and O–H groups in total. The summed E-state index contributed by atoms with van der Waals surface area (Å²) in [6, 6.07) is -0.186. The van der Waals surface area contributed by atoms with E-state index in [1.165, 1.54) is 32.1 Å². The van der Waals surface area contributed by atoms with E-state index < -0.39 is 11.9 Å². The number of urea groups is 1. The molecule has 0 saturated heterocycles. The molecule has 7 nitrogen and oxygen atoms in total. The minimum atomic E-state index is -0.607. The normalized spacial score (nSPS) is 15.0. The van der Waals surface area contributed by atoms with Gasteiger partial charge in [0.2, 0.25) is 0 Å². The van der Waals surface area contributed by atoms with Crippen LogP contribution in [0.4, 0.5) is 4.79 Å². The smallest absolute Gasteiger partial charge is 0.331 e. The van der Waals surface area contributed by atoms with Crippen molar-refractivity contribution >= 4 is 18.0 Å². The molecule has 0 aromatic rings. The quantitative estimate of drug-likeness (QED) is 0.380. The fourth-order valence-electron chi connectivity index (χ4n) is 2.51. The van der Waals surface area contributed by atoms with Crippen LogP contribution in [0.15, 0.2) is 12.2 Å². The molecule has 0 heterocycles. The molecule has 1 aliphatic carbocycles. The third-order valence-electron chi connectivity index (χ3n) is 3.77. The number of rotatable bonds is 9. The third kappa shape index (κ3) is 9.86. The molecule has 1 fully saturated rings. The summed E-state index contributed by atoms with van der Waals surface area (Å²) in [4.78, 5) is 33.9. The fraction of sp³-hybridized carbons (Fsp3) is 0.706. The molecule has 0 aliphatic heterocycles. The molecule has 0 radical (unpaired) electrons. The number of hydrogen-bond acceptors (Lipinski definition) is 5. The van der Waals surface area contributed by atoms with E-state index in [9.17, 15) is 14.4 Å². The lowest BCUT2D eigenvalue weighted by Crippen LogP contribution is -2.39. The summed E-state index contributed by atoms with van der Waals surface area (Å²) in [7, 11) is 0. The summed E-state index contributed by atoms with van der Waals surface area (Å²) in [5, 5.41) is 5.61. The summed E-state index contributed by atoms with van der Waals surface area (Å²) in [6.45, 7) is 3.26. The van der Waals surface area contributed by atoms with Crippen LogP contribution in [0.1, 0.15) is 45.4 Å². The van der Waals surface area contributed by atoms with E-state index in [0.29, 0.717) is 18.9 Å². The van der Waals surface area contributed by atoms with Gasteiger partial charge < -0.3 is 20.1 Å². The van der Waals surface area contributed by atoms with Gasteiger partial charge in [-0.1, -0.05) is 19.3 Å². The van der Waals surface area contributed by atoms with E-state index in [1.54, 1.807) is 6.92 Å². The van der Waals surface area contributed by atoms with Crippen LogP contribution in [0.2, 0.25) is 0 Å². The van der Waals surface area contributed by atoms with Crippen molar-refractivity contribution in [2.24, 2.45) is 5.92 Å². The first-order chi connectivity index (χ1) is 11.6. The van der Waals surface area contributed by atoms with Crippen LogP contribution in [0, 0.1) is 5.92 Å². The number of ether oxygens (including phenoxy) is 2. The summed E-state index contributed by atoms with van der Waals surface area (Å²) < 4.78 is 9.54. The van der Waals surface area contributed by atoms with Crippen molar-refractivity contribution in [2.75, 3.05) is 26.3 Å². The zero-order chi connectivity index (χ0) is 17.6. The van der Waals surface area contributed by atoms with Gasteiger partial charge in [-0.3, -0.25) is 0 Å². The lowest BCUT2D eigenvalue weighted by Gasteiger charge is -2.21. The highest BCUT2D eigenvalue weighted by Gasteiger charge is 2.13. The number of nitrogens with one attached hydrogen (secondary N) is 2. The van der Waals surface area contributed by atoms with Crippen molar-refractivity contribution in [1.29, 1.82) is 0 Å². The van der Waals surface area contributed by atoms with E-state index >= 15 is 0 Å². The van der Waals surface area contributed by atoms with Gasteiger partial charge in [0.15, 0.2) is 0 Å². The van der Waals surface area contributed by atoms with Gasteiger partial charge in [-0.25, -0.2) is 14.4 Å². The van der Waals surface area contributed by atoms with Crippen LogP contribution in [0.3, 0.4) is 0 Å². The van der Waals surface area contributed by atoms with Crippen LogP contribution in [0.25, 0.3) is 0 Å². The number of amides is 2. The molecular weight excluding hydrogens is 312 g/mol. The molecule has 0 spiro atoms. The third-order valence-corrected chi connectivity index (χ3v) is 3.77. The molecule has 136 valence electrons. The Morgan fingerprint density at radius 3 is 2.33 bits per heavy atom. The van der Waals surface area contributed by atoms with E-state index in [0.717, 1.165) is 18.7 Å². The zero-order valence-corrected chi connectivity index (χ0v) is 14.3. The Bertz CT molecular complexity index is 431. The van der Waals surface area contributed by atoms with Crippen LogP contribution >= 0.6 is 0 Å². The SMILES string of the molecule is CCOC(=O)/C=C/C(=O)OCCCNC(=O)NCC1CCCCC1. The van der Waals surface area contributed by atoms with Crippen LogP contribution < -0.4 is 10.6 Å². The first kappa shape index (κ1) is 20.0. The fourth-order valence-corrected chi connectivity index (χ4v) is 2.51. The van der Waals surface area contributed by atoms with Crippen molar-refractivity contribution in [3.05, 3.63) is 12.2 Å². The summed E-state index contributed by atoms with van der Waals surface area (Å²) in [5.74, 6) is -0.591.